The van der Waals surface area contributed by atoms with Crippen LogP contribution in [0.3, 0.4) is 0 Å². The largest absolute Gasteiger partial charge is 0.356 e. The Morgan fingerprint density at radius 2 is 1.78 bits per heavy atom. The van der Waals surface area contributed by atoms with Crippen LogP contribution in [0.25, 0.3) is 0 Å². The summed E-state index contributed by atoms with van der Waals surface area (Å²) in [5.41, 5.74) is 2.58. The van der Waals surface area contributed by atoms with E-state index in [2.05, 4.69) is 20.3 Å². The lowest BCUT2D eigenvalue weighted by atomic mass is 9.96. The zero-order valence-corrected chi connectivity index (χ0v) is 21.8. The SMILES string of the molecule is CN=C(NCc1ccccc1CS(=O)(=O)NC(C)C)NCC1(c2cccc(F)c2)CC1.I. The Balaban J connectivity index is 0.00000363. The van der Waals surface area contributed by atoms with Crippen LogP contribution in [0.2, 0.25) is 0 Å². The van der Waals surface area contributed by atoms with Crippen LogP contribution in [0.1, 0.15) is 43.4 Å². The summed E-state index contributed by atoms with van der Waals surface area (Å²) in [6.07, 6.45) is 2.01. The van der Waals surface area contributed by atoms with Gasteiger partial charge in [-0.05, 0) is 55.5 Å². The van der Waals surface area contributed by atoms with Crippen molar-refractivity contribution in [1.29, 1.82) is 0 Å². The van der Waals surface area contributed by atoms with Crippen LogP contribution in [0.4, 0.5) is 4.39 Å². The number of rotatable bonds is 9. The number of guanidine groups is 1. The minimum absolute atomic E-state index is 0. The predicted molar refractivity (Wildman–Crippen MR) is 138 cm³/mol. The number of sulfonamides is 1. The van der Waals surface area contributed by atoms with Crippen LogP contribution in [-0.2, 0) is 27.7 Å². The number of benzene rings is 2. The fourth-order valence-electron chi connectivity index (χ4n) is 3.67. The van der Waals surface area contributed by atoms with Crippen LogP contribution in [-0.4, -0.2) is 34.0 Å². The standard InChI is InChI=1S/C23H31FN4O2S.HI/c1-17(2)28-31(29,30)15-19-8-5-4-7-18(19)14-26-22(25-3)27-16-23(11-12-23)20-9-6-10-21(24)13-20;/h4-10,13,17,28H,11-12,14-16H2,1-3H3,(H2,25,26,27);1H. The zero-order chi connectivity index (χ0) is 22.5. The van der Waals surface area contributed by atoms with Gasteiger partial charge < -0.3 is 10.6 Å². The van der Waals surface area contributed by atoms with E-state index < -0.39 is 10.0 Å². The van der Waals surface area contributed by atoms with E-state index in [0.717, 1.165) is 29.5 Å². The molecular formula is C23H32FIN4O2S. The van der Waals surface area contributed by atoms with Gasteiger partial charge in [0.1, 0.15) is 5.82 Å². The van der Waals surface area contributed by atoms with E-state index >= 15 is 0 Å². The van der Waals surface area contributed by atoms with Gasteiger partial charge in [-0.2, -0.15) is 0 Å². The zero-order valence-electron chi connectivity index (χ0n) is 18.7. The summed E-state index contributed by atoms with van der Waals surface area (Å²) < 4.78 is 40.9. The number of nitrogens with one attached hydrogen (secondary N) is 3. The molecule has 0 aromatic heterocycles. The second-order valence-electron chi connectivity index (χ2n) is 8.37. The molecule has 2 aromatic rings. The lowest BCUT2D eigenvalue weighted by Gasteiger charge is -2.20. The molecule has 0 spiro atoms. The van der Waals surface area contributed by atoms with Gasteiger partial charge in [0, 0.05) is 31.6 Å². The summed E-state index contributed by atoms with van der Waals surface area (Å²) in [7, 11) is -1.72. The van der Waals surface area contributed by atoms with Crippen molar-refractivity contribution in [1.82, 2.24) is 15.4 Å². The van der Waals surface area contributed by atoms with E-state index in [1.54, 1.807) is 33.0 Å². The van der Waals surface area contributed by atoms with Crippen molar-refractivity contribution in [2.24, 2.45) is 4.99 Å². The molecule has 0 radical (unpaired) electrons. The van der Waals surface area contributed by atoms with Gasteiger partial charge in [0.25, 0.3) is 0 Å². The van der Waals surface area contributed by atoms with Gasteiger partial charge in [0.2, 0.25) is 10.0 Å². The van der Waals surface area contributed by atoms with Crippen LogP contribution >= 0.6 is 24.0 Å². The second kappa shape index (κ2) is 11.4. The summed E-state index contributed by atoms with van der Waals surface area (Å²) in [6, 6.07) is 14.1. The van der Waals surface area contributed by atoms with Crippen molar-refractivity contribution < 1.29 is 12.8 Å². The molecule has 0 atom stereocenters. The maximum atomic E-state index is 13.6. The van der Waals surface area contributed by atoms with Crippen molar-refractivity contribution in [2.75, 3.05) is 13.6 Å². The van der Waals surface area contributed by atoms with Gasteiger partial charge in [0.15, 0.2) is 5.96 Å². The maximum Gasteiger partial charge on any atom is 0.216 e. The molecule has 3 rings (SSSR count). The van der Waals surface area contributed by atoms with Crippen LogP contribution in [0.5, 0.6) is 0 Å². The summed E-state index contributed by atoms with van der Waals surface area (Å²) in [6.45, 7) is 4.71. The average molecular weight is 575 g/mol. The number of halogens is 2. The van der Waals surface area contributed by atoms with Gasteiger partial charge >= 0.3 is 0 Å². The molecule has 1 aliphatic rings. The fourth-order valence-corrected chi connectivity index (χ4v) is 5.16. The lowest BCUT2D eigenvalue weighted by molar-refractivity contribution is 0.568. The van der Waals surface area contributed by atoms with E-state index in [1.165, 1.54) is 6.07 Å². The third-order valence-corrected chi connectivity index (χ3v) is 6.96. The normalized spacial score (nSPS) is 15.2. The molecule has 0 unspecified atom stereocenters. The molecule has 1 aliphatic carbocycles. The van der Waals surface area contributed by atoms with E-state index in [9.17, 15) is 12.8 Å². The Kier molecular flexibility index (Phi) is 9.47. The second-order valence-corrected chi connectivity index (χ2v) is 10.1. The molecule has 9 heteroatoms. The van der Waals surface area contributed by atoms with Gasteiger partial charge in [-0.25, -0.2) is 17.5 Å². The monoisotopic (exact) mass is 574 g/mol. The van der Waals surface area contributed by atoms with E-state index in [1.807, 2.05) is 30.3 Å². The van der Waals surface area contributed by atoms with Gasteiger partial charge in [0.05, 0.1) is 5.75 Å². The molecule has 32 heavy (non-hydrogen) atoms. The van der Waals surface area contributed by atoms with Crippen molar-refractivity contribution in [2.45, 2.75) is 50.4 Å². The summed E-state index contributed by atoms with van der Waals surface area (Å²) in [5.74, 6) is 0.336. The first kappa shape index (κ1) is 26.5. The summed E-state index contributed by atoms with van der Waals surface area (Å²) >= 11 is 0. The molecule has 0 saturated heterocycles. The van der Waals surface area contributed by atoms with Gasteiger partial charge in [-0.15, -0.1) is 24.0 Å². The molecule has 1 fully saturated rings. The number of aliphatic imine (C=N–C) groups is 1. The first-order valence-corrected chi connectivity index (χ1v) is 12.2. The Bertz CT molecular complexity index is 1040. The highest BCUT2D eigenvalue weighted by molar-refractivity contribution is 14.0. The predicted octanol–water partition coefficient (Wildman–Crippen LogP) is 3.67. The Morgan fingerprint density at radius 3 is 2.38 bits per heavy atom. The highest BCUT2D eigenvalue weighted by Gasteiger charge is 2.44. The molecule has 176 valence electrons. The maximum absolute atomic E-state index is 13.6. The minimum Gasteiger partial charge on any atom is -0.356 e. The molecule has 0 aliphatic heterocycles. The number of hydrogen-bond donors (Lipinski definition) is 3. The van der Waals surface area contributed by atoms with Crippen LogP contribution < -0.4 is 15.4 Å². The summed E-state index contributed by atoms with van der Waals surface area (Å²) in [5, 5.41) is 6.61. The highest BCUT2D eigenvalue weighted by atomic mass is 127. The summed E-state index contributed by atoms with van der Waals surface area (Å²) in [4.78, 5) is 4.28. The average Bonchev–Trinajstić information content (AvgIpc) is 3.49. The van der Waals surface area contributed by atoms with E-state index in [-0.39, 0.29) is 47.0 Å². The Labute approximate surface area is 207 Å². The molecular weight excluding hydrogens is 542 g/mol. The highest BCUT2D eigenvalue weighted by Crippen LogP contribution is 2.47. The molecule has 6 nitrogen and oxygen atoms in total. The smallest absolute Gasteiger partial charge is 0.216 e. The van der Waals surface area contributed by atoms with Gasteiger partial charge in [-0.1, -0.05) is 36.4 Å². The molecule has 1 saturated carbocycles. The number of nitrogens with zero attached hydrogens (tertiary/aromatic N) is 1. The Hall–Kier alpha value is -1.72. The van der Waals surface area contributed by atoms with Crippen molar-refractivity contribution in [3.05, 3.63) is 71.0 Å². The lowest BCUT2D eigenvalue weighted by Crippen LogP contribution is -2.41. The fraction of sp³-hybridized carbons (Fsp3) is 0.435. The molecule has 3 N–H and O–H groups in total. The molecule has 2 aromatic carbocycles. The molecule has 0 amide bonds. The van der Waals surface area contributed by atoms with Crippen molar-refractivity contribution in [3.63, 3.8) is 0 Å². The molecule has 0 heterocycles. The minimum atomic E-state index is -3.41. The quantitative estimate of drug-likeness (QED) is 0.243. The van der Waals surface area contributed by atoms with Crippen LogP contribution in [0, 0.1) is 5.82 Å². The van der Waals surface area contributed by atoms with Gasteiger partial charge in [-0.3, -0.25) is 4.99 Å². The third-order valence-electron chi connectivity index (χ3n) is 5.43. The first-order chi connectivity index (χ1) is 14.7. The molecule has 0 bridgehead atoms. The van der Waals surface area contributed by atoms with Crippen molar-refractivity contribution in [3.8, 4) is 0 Å². The van der Waals surface area contributed by atoms with E-state index in [0.29, 0.717) is 19.0 Å². The first-order valence-electron chi connectivity index (χ1n) is 10.5. The Morgan fingerprint density at radius 1 is 1.09 bits per heavy atom. The van der Waals surface area contributed by atoms with E-state index in [4.69, 9.17) is 0 Å². The number of hydrogen-bond acceptors (Lipinski definition) is 3. The topological polar surface area (TPSA) is 82.6 Å². The third kappa shape index (κ3) is 7.41. The van der Waals surface area contributed by atoms with Crippen LogP contribution in [0.15, 0.2) is 53.5 Å². The van der Waals surface area contributed by atoms with Crippen molar-refractivity contribution >= 4 is 40.0 Å².